The number of thiophene rings is 1. The van der Waals surface area contributed by atoms with Gasteiger partial charge in [0.25, 0.3) is 5.56 Å². The molecule has 2 heterocycles. The Morgan fingerprint density at radius 1 is 1.37 bits per heavy atom. The fourth-order valence-corrected chi connectivity index (χ4v) is 4.87. The van der Waals surface area contributed by atoms with Crippen molar-refractivity contribution in [2.24, 2.45) is 0 Å². The van der Waals surface area contributed by atoms with Crippen LogP contribution < -0.4 is 15.6 Å². The van der Waals surface area contributed by atoms with Crippen LogP contribution in [0.2, 0.25) is 5.02 Å². The highest BCUT2D eigenvalue weighted by molar-refractivity contribution is 7.18. The summed E-state index contributed by atoms with van der Waals surface area (Å²) in [6, 6.07) is 4.98. The van der Waals surface area contributed by atoms with E-state index in [1.54, 1.807) is 29.5 Å². The first-order valence-electron chi connectivity index (χ1n) is 8.70. The lowest BCUT2D eigenvalue weighted by Crippen LogP contribution is -2.28. The van der Waals surface area contributed by atoms with E-state index in [4.69, 9.17) is 16.3 Å². The van der Waals surface area contributed by atoms with E-state index >= 15 is 0 Å². The molecule has 0 radical (unpaired) electrons. The first kappa shape index (κ1) is 18.0. The van der Waals surface area contributed by atoms with Crippen LogP contribution >= 0.6 is 22.9 Å². The van der Waals surface area contributed by atoms with Gasteiger partial charge in [-0.1, -0.05) is 11.6 Å². The lowest BCUT2D eigenvalue weighted by molar-refractivity contribution is -0.116. The predicted molar refractivity (Wildman–Crippen MR) is 107 cm³/mol. The van der Waals surface area contributed by atoms with Crippen molar-refractivity contribution in [1.82, 2.24) is 9.55 Å². The average molecular weight is 404 g/mol. The number of rotatable bonds is 4. The van der Waals surface area contributed by atoms with E-state index in [1.165, 1.54) is 22.9 Å². The van der Waals surface area contributed by atoms with Gasteiger partial charge in [-0.05, 0) is 49.4 Å². The van der Waals surface area contributed by atoms with Crippen LogP contribution in [0.1, 0.15) is 23.3 Å². The number of ether oxygens (including phenoxy) is 1. The first-order chi connectivity index (χ1) is 13.1. The molecular formula is C19H18ClN3O3S. The molecule has 0 saturated carbocycles. The van der Waals surface area contributed by atoms with Gasteiger partial charge in [0, 0.05) is 10.6 Å². The van der Waals surface area contributed by atoms with Crippen molar-refractivity contribution in [1.29, 1.82) is 0 Å². The van der Waals surface area contributed by atoms with Gasteiger partial charge in [-0.15, -0.1) is 11.3 Å². The largest absolute Gasteiger partial charge is 0.495 e. The van der Waals surface area contributed by atoms with E-state index in [0.29, 0.717) is 21.8 Å². The summed E-state index contributed by atoms with van der Waals surface area (Å²) in [6.07, 6.45) is 5.61. The highest BCUT2D eigenvalue weighted by atomic mass is 35.5. The van der Waals surface area contributed by atoms with Gasteiger partial charge in [0.05, 0.1) is 23.8 Å². The normalized spacial score (nSPS) is 13.4. The molecule has 0 saturated heterocycles. The van der Waals surface area contributed by atoms with E-state index in [9.17, 15) is 9.59 Å². The Morgan fingerprint density at radius 3 is 2.96 bits per heavy atom. The molecule has 1 N–H and O–H groups in total. The molecule has 0 fully saturated rings. The number of aromatic nitrogens is 2. The Kier molecular flexibility index (Phi) is 4.88. The van der Waals surface area contributed by atoms with Crippen LogP contribution in [0.3, 0.4) is 0 Å². The van der Waals surface area contributed by atoms with Gasteiger partial charge in [-0.25, -0.2) is 4.98 Å². The summed E-state index contributed by atoms with van der Waals surface area (Å²) in [7, 11) is 1.53. The highest BCUT2D eigenvalue weighted by Crippen LogP contribution is 2.33. The van der Waals surface area contributed by atoms with Crippen LogP contribution in [0, 0.1) is 0 Å². The van der Waals surface area contributed by atoms with Gasteiger partial charge in [0.1, 0.15) is 17.1 Å². The minimum Gasteiger partial charge on any atom is -0.495 e. The number of fused-ring (bicyclic) bond motifs is 3. The number of carbonyl (C=O) groups excluding carboxylic acids is 1. The van der Waals surface area contributed by atoms with Crippen molar-refractivity contribution >= 4 is 44.7 Å². The first-order valence-corrected chi connectivity index (χ1v) is 9.89. The molecule has 2 aromatic heterocycles. The zero-order valence-electron chi connectivity index (χ0n) is 14.8. The van der Waals surface area contributed by atoms with Gasteiger partial charge in [-0.2, -0.15) is 0 Å². The van der Waals surface area contributed by atoms with Crippen LogP contribution in [0.15, 0.2) is 29.3 Å². The molecule has 27 heavy (non-hydrogen) atoms. The number of halogens is 1. The molecule has 8 heteroatoms. The van der Waals surface area contributed by atoms with Crippen molar-refractivity contribution in [3.05, 3.63) is 50.3 Å². The molecule has 6 nitrogen and oxygen atoms in total. The molecule has 0 bridgehead atoms. The Morgan fingerprint density at radius 2 is 2.19 bits per heavy atom. The fourth-order valence-electron chi connectivity index (χ4n) is 3.39. The van der Waals surface area contributed by atoms with Crippen molar-refractivity contribution < 1.29 is 9.53 Å². The molecule has 0 atom stereocenters. The summed E-state index contributed by atoms with van der Waals surface area (Å²) in [6.45, 7) is -0.101. The van der Waals surface area contributed by atoms with Gasteiger partial charge in [0.2, 0.25) is 5.91 Å². The summed E-state index contributed by atoms with van der Waals surface area (Å²) >= 11 is 7.68. The number of anilines is 1. The average Bonchev–Trinajstić information content (AvgIpc) is 3.03. The van der Waals surface area contributed by atoms with E-state index in [0.717, 1.165) is 36.1 Å². The third-order valence-electron chi connectivity index (χ3n) is 4.69. The molecular weight excluding hydrogens is 386 g/mol. The third kappa shape index (κ3) is 3.44. The summed E-state index contributed by atoms with van der Waals surface area (Å²) in [4.78, 5) is 31.7. The second-order valence-corrected chi connectivity index (χ2v) is 7.96. The van der Waals surface area contributed by atoms with Gasteiger partial charge in [-0.3, -0.25) is 14.2 Å². The summed E-state index contributed by atoms with van der Waals surface area (Å²) in [5.74, 6) is 0.214. The number of aryl methyl sites for hydroxylation is 2. The number of amides is 1. The van der Waals surface area contributed by atoms with Crippen molar-refractivity contribution in [2.75, 3.05) is 12.4 Å². The second kappa shape index (κ2) is 7.32. The van der Waals surface area contributed by atoms with Crippen molar-refractivity contribution in [3.8, 4) is 5.75 Å². The van der Waals surface area contributed by atoms with Gasteiger partial charge < -0.3 is 10.1 Å². The number of benzene rings is 1. The minimum atomic E-state index is -0.316. The van der Waals surface area contributed by atoms with Gasteiger partial charge in [0.15, 0.2) is 0 Å². The van der Waals surface area contributed by atoms with E-state index in [1.807, 2.05) is 0 Å². The molecule has 0 unspecified atom stereocenters. The molecule has 1 aromatic carbocycles. The van der Waals surface area contributed by atoms with Crippen molar-refractivity contribution in [2.45, 2.75) is 32.2 Å². The van der Waals surface area contributed by atoms with E-state index in [-0.39, 0.29) is 18.0 Å². The van der Waals surface area contributed by atoms with Crippen LogP contribution in [-0.4, -0.2) is 22.6 Å². The number of nitrogens with one attached hydrogen (secondary N) is 1. The molecule has 1 aliphatic rings. The minimum absolute atomic E-state index is 0.101. The topological polar surface area (TPSA) is 73.2 Å². The predicted octanol–water partition coefficient (Wildman–Crippen LogP) is 3.64. The fraction of sp³-hybridized carbons (Fsp3) is 0.316. The number of hydrogen-bond donors (Lipinski definition) is 1. The number of nitrogens with zero attached hydrogens (tertiary/aromatic N) is 2. The second-order valence-electron chi connectivity index (χ2n) is 6.47. The molecule has 0 aliphatic heterocycles. The number of methoxy groups -OCH3 is 1. The Bertz CT molecular complexity index is 1090. The number of carbonyl (C=O) groups is 1. The highest BCUT2D eigenvalue weighted by Gasteiger charge is 2.20. The van der Waals surface area contributed by atoms with Crippen LogP contribution in [0.5, 0.6) is 5.75 Å². The number of hydrogen-bond acceptors (Lipinski definition) is 5. The third-order valence-corrected chi connectivity index (χ3v) is 6.19. The smallest absolute Gasteiger partial charge is 0.262 e. The summed E-state index contributed by atoms with van der Waals surface area (Å²) < 4.78 is 6.46. The SMILES string of the molecule is COc1ccc(NC(=O)Cn2cnc3sc4c(c3c2=O)CCCC4)cc1Cl. The Balaban J connectivity index is 1.58. The lowest BCUT2D eigenvalue weighted by atomic mass is 9.97. The maximum atomic E-state index is 12.9. The van der Waals surface area contributed by atoms with Crippen molar-refractivity contribution in [3.63, 3.8) is 0 Å². The standard InChI is InChI=1S/C19H18ClN3O3S/c1-26-14-7-6-11(8-13(14)20)22-16(24)9-23-10-21-18-17(19(23)25)12-4-2-3-5-15(12)27-18/h6-8,10H,2-5,9H2,1H3,(H,22,24). The maximum Gasteiger partial charge on any atom is 0.262 e. The molecule has 1 aliphatic carbocycles. The quantitative estimate of drug-likeness (QED) is 0.721. The monoisotopic (exact) mass is 403 g/mol. The molecule has 3 aromatic rings. The Hall–Kier alpha value is -2.38. The Labute approximate surface area is 164 Å². The molecule has 4 rings (SSSR count). The van der Waals surface area contributed by atoms with E-state index in [2.05, 4.69) is 10.3 Å². The summed E-state index contributed by atoms with van der Waals surface area (Å²) in [5, 5.41) is 3.83. The molecule has 0 spiro atoms. The van der Waals surface area contributed by atoms with Crippen LogP contribution in [0.4, 0.5) is 5.69 Å². The zero-order valence-corrected chi connectivity index (χ0v) is 16.3. The van der Waals surface area contributed by atoms with Crippen LogP contribution in [-0.2, 0) is 24.2 Å². The maximum absolute atomic E-state index is 12.9. The summed E-state index contributed by atoms with van der Waals surface area (Å²) in [5.41, 5.74) is 1.51. The van der Waals surface area contributed by atoms with E-state index < -0.39 is 0 Å². The van der Waals surface area contributed by atoms with Crippen LogP contribution in [0.25, 0.3) is 10.2 Å². The zero-order chi connectivity index (χ0) is 19.0. The lowest BCUT2D eigenvalue weighted by Gasteiger charge is -2.11. The van der Waals surface area contributed by atoms with Gasteiger partial charge >= 0.3 is 0 Å². The molecule has 1 amide bonds. The molecule has 140 valence electrons.